The molecule has 24 heavy (non-hydrogen) atoms. The van der Waals surface area contributed by atoms with E-state index in [1.807, 2.05) is 0 Å². The molecular formula is C14H14N2O8. The normalized spacial score (nSPS) is 13.0. The number of esters is 2. The fourth-order valence-corrected chi connectivity index (χ4v) is 1.91. The number of fused-ring (bicyclic) bond motifs is 1. The van der Waals surface area contributed by atoms with E-state index in [9.17, 15) is 19.7 Å². The third-order valence-electron chi connectivity index (χ3n) is 3.00. The second kappa shape index (κ2) is 7.31. The number of hydrogen-bond acceptors (Lipinski definition) is 9. The molecule has 1 aromatic rings. The summed E-state index contributed by atoms with van der Waals surface area (Å²) in [5.74, 6) is -1.24. The first-order chi connectivity index (χ1) is 11.5. The van der Waals surface area contributed by atoms with Crippen LogP contribution in [0, 0.1) is 10.1 Å². The average molecular weight is 338 g/mol. The van der Waals surface area contributed by atoms with Crippen LogP contribution in [0.1, 0.15) is 0 Å². The molecule has 0 aliphatic carbocycles. The molecule has 2 rings (SSSR count). The lowest BCUT2D eigenvalue weighted by Crippen LogP contribution is -2.18. The van der Waals surface area contributed by atoms with Crippen molar-refractivity contribution in [2.24, 2.45) is 0 Å². The SMILES string of the molecule is COC(=O)/C=C(/Nc1cc2c(cc1[N+](=O)[O-])OCCO2)C(=O)OC. The Labute approximate surface area is 136 Å². The Bertz CT molecular complexity index is 713. The number of nitro benzene ring substituents is 1. The summed E-state index contributed by atoms with van der Waals surface area (Å²) < 4.78 is 19.6. The van der Waals surface area contributed by atoms with Gasteiger partial charge in [0.05, 0.1) is 31.3 Å². The minimum atomic E-state index is -0.899. The Hall–Kier alpha value is -3.30. The van der Waals surface area contributed by atoms with Gasteiger partial charge in [0.2, 0.25) is 0 Å². The average Bonchev–Trinajstić information content (AvgIpc) is 2.59. The largest absolute Gasteiger partial charge is 0.486 e. The molecule has 1 aliphatic rings. The van der Waals surface area contributed by atoms with Gasteiger partial charge < -0.3 is 24.3 Å². The Morgan fingerprint density at radius 3 is 2.38 bits per heavy atom. The molecule has 0 aromatic heterocycles. The lowest BCUT2D eigenvalue weighted by Gasteiger charge is -2.19. The van der Waals surface area contributed by atoms with E-state index in [2.05, 4.69) is 14.8 Å². The Balaban J connectivity index is 2.45. The molecule has 0 atom stereocenters. The second-order valence-electron chi connectivity index (χ2n) is 4.47. The first-order valence-corrected chi connectivity index (χ1v) is 6.69. The van der Waals surface area contributed by atoms with E-state index < -0.39 is 16.9 Å². The highest BCUT2D eigenvalue weighted by atomic mass is 16.6. The van der Waals surface area contributed by atoms with Gasteiger partial charge in [0.1, 0.15) is 24.6 Å². The predicted molar refractivity (Wildman–Crippen MR) is 79.8 cm³/mol. The number of benzene rings is 1. The molecule has 0 bridgehead atoms. The summed E-state index contributed by atoms with van der Waals surface area (Å²) in [6, 6.07) is 2.48. The van der Waals surface area contributed by atoms with Crippen LogP contribution in [0.2, 0.25) is 0 Å². The van der Waals surface area contributed by atoms with E-state index in [-0.39, 0.29) is 41.8 Å². The van der Waals surface area contributed by atoms with E-state index in [0.29, 0.717) is 0 Å². The van der Waals surface area contributed by atoms with Gasteiger partial charge >= 0.3 is 11.9 Å². The fraction of sp³-hybridized carbons (Fsp3) is 0.286. The maximum atomic E-state index is 11.8. The third-order valence-corrected chi connectivity index (χ3v) is 3.00. The van der Waals surface area contributed by atoms with Crippen LogP contribution in [0.5, 0.6) is 11.5 Å². The summed E-state index contributed by atoms with van der Waals surface area (Å²) >= 11 is 0. The molecule has 10 heteroatoms. The van der Waals surface area contributed by atoms with Gasteiger partial charge in [0.15, 0.2) is 11.5 Å². The van der Waals surface area contributed by atoms with Gasteiger partial charge in [0, 0.05) is 6.07 Å². The van der Waals surface area contributed by atoms with E-state index in [1.54, 1.807) is 0 Å². The fourth-order valence-electron chi connectivity index (χ4n) is 1.91. The van der Waals surface area contributed by atoms with Crippen molar-refractivity contribution < 1.29 is 33.5 Å². The van der Waals surface area contributed by atoms with E-state index >= 15 is 0 Å². The van der Waals surface area contributed by atoms with E-state index in [4.69, 9.17) is 9.47 Å². The first-order valence-electron chi connectivity index (χ1n) is 6.69. The molecular weight excluding hydrogens is 324 g/mol. The summed E-state index contributed by atoms with van der Waals surface area (Å²) in [6.45, 7) is 0.554. The van der Waals surface area contributed by atoms with Crippen LogP contribution < -0.4 is 14.8 Å². The van der Waals surface area contributed by atoms with Gasteiger partial charge in [-0.25, -0.2) is 9.59 Å². The summed E-state index contributed by atoms with van der Waals surface area (Å²) in [4.78, 5) is 33.7. The van der Waals surface area contributed by atoms with Crippen molar-refractivity contribution >= 4 is 23.3 Å². The smallest absolute Gasteiger partial charge is 0.354 e. The van der Waals surface area contributed by atoms with Crippen LogP contribution in [-0.2, 0) is 19.1 Å². The number of methoxy groups -OCH3 is 2. The lowest BCUT2D eigenvalue weighted by atomic mass is 10.2. The highest BCUT2D eigenvalue weighted by molar-refractivity contribution is 5.99. The number of rotatable bonds is 5. The molecule has 0 saturated carbocycles. The summed E-state index contributed by atoms with van der Waals surface area (Å²) in [7, 11) is 2.23. The zero-order valence-corrected chi connectivity index (χ0v) is 12.9. The Morgan fingerprint density at radius 1 is 1.21 bits per heavy atom. The molecule has 1 N–H and O–H groups in total. The number of anilines is 1. The Morgan fingerprint density at radius 2 is 1.83 bits per heavy atom. The van der Waals surface area contributed by atoms with Gasteiger partial charge in [-0.1, -0.05) is 0 Å². The van der Waals surface area contributed by atoms with Crippen molar-refractivity contribution in [1.82, 2.24) is 0 Å². The molecule has 1 heterocycles. The maximum Gasteiger partial charge on any atom is 0.354 e. The van der Waals surface area contributed by atoms with Crippen molar-refractivity contribution in [1.29, 1.82) is 0 Å². The van der Waals surface area contributed by atoms with Gasteiger partial charge in [-0.15, -0.1) is 0 Å². The number of carbonyl (C=O) groups excluding carboxylic acids is 2. The van der Waals surface area contributed by atoms with Crippen molar-refractivity contribution in [2.45, 2.75) is 0 Å². The quantitative estimate of drug-likeness (QED) is 0.362. The standard InChI is InChI=1S/C14H14N2O8/c1-21-13(17)6-9(14(18)22-2)15-8-5-11-12(24-4-3-23-11)7-10(8)16(19)20/h5-7,15H,3-4H2,1-2H3/b9-6+. The number of nitrogens with zero attached hydrogens (tertiary/aromatic N) is 1. The van der Waals surface area contributed by atoms with Crippen LogP contribution >= 0.6 is 0 Å². The van der Waals surface area contributed by atoms with Crippen molar-refractivity contribution in [3.8, 4) is 11.5 Å². The van der Waals surface area contributed by atoms with Gasteiger partial charge in [0.25, 0.3) is 5.69 Å². The molecule has 0 radical (unpaired) electrons. The highest BCUT2D eigenvalue weighted by Crippen LogP contribution is 2.39. The first kappa shape index (κ1) is 17.1. The molecule has 0 unspecified atom stereocenters. The third kappa shape index (κ3) is 3.72. The second-order valence-corrected chi connectivity index (χ2v) is 4.47. The zero-order chi connectivity index (χ0) is 17.7. The molecule has 0 amide bonds. The van der Waals surface area contributed by atoms with Gasteiger partial charge in [-0.2, -0.15) is 0 Å². The topological polar surface area (TPSA) is 126 Å². The minimum absolute atomic E-state index is 0.0650. The van der Waals surface area contributed by atoms with Crippen molar-refractivity contribution in [2.75, 3.05) is 32.8 Å². The van der Waals surface area contributed by atoms with Crippen molar-refractivity contribution in [3.63, 3.8) is 0 Å². The Kier molecular flexibility index (Phi) is 5.20. The van der Waals surface area contributed by atoms with Gasteiger partial charge in [-0.05, 0) is 0 Å². The summed E-state index contributed by atoms with van der Waals surface area (Å²) in [5, 5.41) is 13.8. The van der Waals surface area contributed by atoms with E-state index in [0.717, 1.165) is 20.3 Å². The maximum absolute atomic E-state index is 11.8. The minimum Gasteiger partial charge on any atom is -0.486 e. The van der Waals surface area contributed by atoms with E-state index in [1.165, 1.54) is 12.1 Å². The number of hydrogen-bond donors (Lipinski definition) is 1. The van der Waals surface area contributed by atoms with Crippen LogP contribution in [0.25, 0.3) is 0 Å². The van der Waals surface area contributed by atoms with Crippen molar-refractivity contribution in [3.05, 3.63) is 34.0 Å². The molecule has 0 fully saturated rings. The summed E-state index contributed by atoms with van der Waals surface area (Å²) in [6.07, 6.45) is 0.826. The number of carbonyl (C=O) groups is 2. The lowest BCUT2D eigenvalue weighted by molar-refractivity contribution is -0.384. The molecule has 10 nitrogen and oxygen atoms in total. The van der Waals surface area contributed by atoms with Crippen LogP contribution in [-0.4, -0.2) is 44.3 Å². The predicted octanol–water partition coefficient (Wildman–Crippen LogP) is 1.01. The molecule has 0 spiro atoms. The molecule has 0 saturated heterocycles. The molecule has 128 valence electrons. The van der Waals surface area contributed by atoms with Crippen LogP contribution in [0.4, 0.5) is 11.4 Å². The highest BCUT2D eigenvalue weighted by Gasteiger charge is 2.24. The molecule has 1 aromatic carbocycles. The van der Waals surface area contributed by atoms with Gasteiger partial charge in [-0.3, -0.25) is 10.1 Å². The number of nitrogens with one attached hydrogen (secondary N) is 1. The monoisotopic (exact) mass is 338 g/mol. The number of nitro groups is 1. The summed E-state index contributed by atoms with van der Waals surface area (Å²) in [5.41, 5.74) is -0.757. The van der Waals surface area contributed by atoms with Crippen LogP contribution in [0.3, 0.4) is 0 Å². The zero-order valence-electron chi connectivity index (χ0n) is 12.9. The molecule has 1 aliphatic heterocycles. The number of ether oxygens (including phenoxy) is 4. The van der Waals surface area contributed by atoms with Crippen LogP contribution in [0.15, 0.2) is 23.9 Å².